The summed E-state index contributed by atoms with van der Waals surface area (Å²) >= 11 is 0. The number of carboxylic acid groups (broad SMARTS) is 1. The number of hydrogen-bond acceptors (Lipinski definition) is 4. The minimum absolute atomic E-state index is 0.294. The first-order chi connectivity index (χ1) is 10.1. The van der Waals surface area contributed by atoms with Crippen molar-refractivity contribution in [3.8, 4) is 5.75 Å². The molecule has 0 fully saturated rings. The Morgan fingerprint density at radius 3 is 2.38 bits per heavy atom. The van der Waals surface area contributed by atoms with Crippen LogP contribution in [0.15, 0.2) is 36.4 Å². The normalized spacial score (nSPS) is 20.8. The van der Waals surface area contributed by atoms with Crippen molar-refractivity contribution in [2.45, 2.75) is 19.8 Å². The van der Waals surface area contributed by atoms with Crippen LogP contribution in [0.3, 0.4) is 0 Å². The van der Waals surface area contributed by atoms with Crippen LogP contribution in [0.4, 0.5) is 5.69 Å². The zero-order valence-electron chi connectivity index (χ0n) is 11.9. The van der Waals surface area contributed by atoms with Crippen molar-refractivity contribution in [2.24, 2.45) is 11.8 Å². The van der Waals surface area contributed by atoms with E-state index in [4.69, 9.17) is 4.74 Å². The molecular formula is C16H18NO4-. The van der Waals surface area contributed by atoms with E-state index < -0.39 is 17.8 Å². The fraction of sp³-hybridized carbons (Fsp3) is 0.375. The molecule has 2 atom stereocenters. The van der Waals surface area contributed by atoms with Crippen LogP contribution in [-0.2, 0) is 9.59 Å². The van der Waals surface area contributed by atoms with Gasteiger partial charge in [-0.05, 0) is 44.0 Å². The van der Waals surface area contributed by atoms with Crippen LogP contribution >= 0.6 is 0 Å². The van der Waals surface area contributed by atoms with Gasteiger partial charge in [-0.2, -0.15) is 0 Å². The number of benzene rings is 1. The maximum Gasteiger partial charge on any atom is 0.228 e. The summed E-state index contributed by atoms with van der Waals surface area (Å²) in [5.74, 6) is -2.10. The highest BCUT2D eigenvalue weighted by Crippen LogP contribution is 2.27. The Bertz CT molecular complexity index is 536. The highest BCUT2D eigenvalue weighted by Gasteiger charge is 2.29. The second kappa shape index (κ2) is 6.92. The van der Waals surface area contributed by atoms with Gasteiger partial charge in [0.1, 0.15) is 5.75 Å². The largest absolute Gasteiger partial charge is 0.550 e. The third-order valence-corrected chi connectivity index (χ3v) is 3.50. The molecule has 0 aliphatic heterocycles. The summed E-state index contributed by atoms with van der Waals surface area (Å²) in [6, 6.07) is 6.98. The van der Waals surface area contributed by atoms with Crippen molar-refractivity contribution < 1.29 is 19.4 Å². The Morgan fingerprint density at radius 2 is 1.81 bits per heavy atom. The molecule has 0 radical (unpaired) electrons. The fourth-order valence-corrected chi connectivity index (χ4v) is 2.40. The molecule has 1 aliphatic rings. The number of hydrogen-bond donors (Lipinski definition) is 1. The first-order valence-electron chi connectivity index (χ1n) is 7.01. The molecule has 5 nitrogen and oxygen atoms in total. The van der Waals surface area contributed by atoms with Gasteiger partial charge in [0.25, 0.3) is 0 Å². The lowest BCUT2D eigenvalue weighted by atomic mass is 9.82. The predicted octanol–water partition coefficient (Wildman–Crippen LogP) is 1.36. The summed E-state index contributed by atoms with van der Waals surface area (Å²) < 4.78 is 5.32. The predicted molar refractivity (Wildman–Crippen MR) is 76.6 cm³/mol. The number of ether oxygens (including phenoxy) is 1. The fourth-order valence-electron chi connectivity index (χ4n) is 2.40. The summed E-state index contributed by atoms with van der Waals surface area (Å²) in [7, 11) is 0. The van der Waals surface area contributed by atoms with Gasteiger partial charge in [0.2, 0.25) is 5.91 Å². The first-order valence-corrected chi connectivity index (χ1v) is 7.01. The third kappa shape index (κ3) is 3.84. The number of anilines is 1. The van der Waals surface area contributed by atoms with Crippen LogP contribution < -0.4 is 15.2 Å². The van der Waals surface area contributed by atoms with Crippen molar-refractivity contribution in [2.75, 3.05) is 11.9 Å². The quantitative estimate of drug-likeness (QED) is 0.830. The number of aliphatic carboxylic acids is 1. The molecule has 0 aromatic heterocycles. The molecule has 5 heteroatoms. The highest BCUT2D eigenvalue weighted by atomic mass is 16.5. The van der Waals surface area contributed by atoms with E-state index in [1.807, 2.05) is 13.0 Å². The molecule has 1 aromatic carbocycles. The van der Waals surface area contributed by atoms with Gasteiger partial charge in [0.15, 0.2) is 0 Å². The molecule has 1 N–H and O–H groups in total. The van der Waals surface area contributed by atoms with E-state index in [2.05, 4.69) is 5.32 Å². The molecule has 0 unspecified atom stereocenters. The molecule has 0 heterocycles. The number of allylic oxidation sites excluding steroid dienone is 2. The van der Waals surface area contributed by atoms with E-state index in [-0.39, 0.29) is 5.91 Å². The van der Waals surface area contributed by atoms with E-state index in [9.17, 15) is 14.7 Å². The molecule has 112 valence electrons. The van der Waals surface area contributed by atoms with E-state index in [1.165, 1.54) is 0 Å². The van der Waals surface area contributed by atoms with Crippen molar-refractivity contribution in [3.05, 3.63) is 36.4 Å². The van der Waals surface area contributed by atoms with E-state index in [0.717, 1.165) is 5.75 Å². The standard InChI is InChI=1S/C16H19NO4/c1-2-21-12-9-7-11(8-10-12)17-15(18)13-5-3-4-6-14(13)16(19)20/h3-4,7-10,13-14H,2,5-6H2,1H3,(H,17,18)(H,19,20)/p-1/t13-,14+/m0/s1. The van der Waals surface area contributed by atoms with Gasteiger partial charge in [-0.15, -0.1) is 0 Å². The monoisotopic (exact) mass is 288 g/mol. The maximum absolute atomic E-state index is 12.2. The molecule has 0 saturated heterocycles. The molecule has 0 bridgehead atoms. The maximum atomic E-state index is 12.2. The third-order valence-electron chi connectivity index (χ3n) is 3.50. The molecule has 2 rings (SSSR count). The van der Waals surface area contributed by atoms with Gasteiger partial charge >= 0.3 is 0 Å². The number of nitrogens with one attached hydrogen (secondary N) is 1. The second-order valence-electron chi connectivity index (χ2n) is 4.92. The molecule has 1 amide bonds. The molecule has 1 aliphatic carbocycles. The SMILES string of the molecule is CCOc1ccc(NC(=O)[C@H]2CC=CC[C@H]2C(=O)[O-])cc1. The average molecular weight is 288 g/mol. The van der Waals surface area contributed by atoms with Gasteiger partial charge in [0.05, 0.1) is 12.5 Å². The number of carboxylic acids is 1. The van der Waals surface area contributed by atoms with Crippen LogP contribution in [-0.4, -0.2) is 18.5 Å². The van der Waals surface area contributed by atoms with Crippen molar-refractivity contribution in [1.82, 2.24) is 0 Å². The van der Waals surface area contributed by atoms with Crippen molar-refractivity contribution in [3.63, 3.8) is 0 Å². The Labute approximate surface area is 123 Å². The average Bonchev–Trinajstić information content (AvgIpc) is 2.49. The minimum atomic E-state index is -1.17. The van der Waals surface area contributed by atoms with Gasteiger partial charge in [-0.25, -0.2) is 0 Å². The molecule has 0 saturated carbocycles. The summed E-state index contributed by atoms with van der Waals surface area (Å²) in [5.41, 5.74) is 0.620. The van der Waals surface area contributed by atoms with Crippen LogP contribution in [0.5, 0.6) is 5.75 Å². The Kier molecular flexibility index (Phi) is 4.98. The highest BCUT2D eigenvalue weighted by molar-refractivity contribution is 5.95. The topological polar surface area (TPSA) is 78.5 Å². The van der Waals surface area contributed by atoms with Crippen molar-refractivity contribution in [1.29, 1.82) is 0 Å². The Morgan fingerprint density at radius 1 is 1.19 bits per heavy atom. The van der Waals surface area contributed by atoms with Crippen LogP contribution in [0.1, 0.15) is 19.8 Å². The van der Waals surface area contributed by atoms with Crippen LogP contribution in [0.2, 0.25) is 0 Å². The van der Waals surface area contributed by atoms with Gasteiger partial charge in [-0.3, -0.25) is 4.79 Å². The van der Waals surface area contributed by atoms with E-state index in [1.54, 1.807) is 30.3 Å². The lowest BCUT2D eigenvalue weighted by Gasteiger charge is -2.28. The Balaban J connectivity index is 2.02. The first kappa shape index (κ1) is 15.1. The smallest absolute Gasteiger partial charge is 0.228 e. The number of rotatable bonds is 5. The van der Waals surface area contributed by atoms with E-state index >= 15 is 0 Å². The molecule has 0 spiro atoms. The summed E-state index contributed by atoms with van der Waals surface area (Å²) in [6.07, 6.45) is 4.37. The molecular weight excluding hydrogens is 270 g/mol. The number of carbonyl (C=O) groups excluding carboxylic acids is 2. The summed E-state index contributed by atoms with van der Waals surface area (Å²) in [5, 5.41) is 13.8. The van der Waals surface area contributed by atoms with Gasteiger partial charge in [0, 0.05) is 17.6 Å². The number of carbonyl (C=O) groups is 2. The van der Waals surface area contributed by atoms with Crippen LogP contribution in [0.25, 0.3) is 0 Å². The van der Waals surface area contributed by atoms with E-state index in [0.29, 0.717) is 25.1 Å². The number of amides is 1. The molecule has 1 aromatic rings. The zero-order chi connectivity index (χ0) is 15.2. The second-order valence-corrected chi connectivity index (χ2v) is 4.92. The van der Waals surface area contributed by atoms with Crippen molar-refractivity contribution >= 4 is 17.6 Å². The summed E-state index contributed by atoms with van der Waals surface area (Å²) in [4.78, 5) is 23.3. The lowest BCUT2D eigenvalue weighted by Crippen LogP contribution is -2.41. The lowest BCUT2D eigenvalue weighted by molar-refractivity contribution is -0.313. The minimum Gasteiger partial charge on any atom is -0.550 e. The molecule has 21 heavy (non-hydrogen) atoms. The van der Waals surface area contributed by atoms with Gasteiger partial charge < -0.3 is 20.0 Å². The Hall–Kier alpha value is -2.30. The summed E-state index contributed by atoms with van der Waals surface area (Å²) in [6.45, 7) is 2.47. The van der Waals surface area contributed by atoms with Crippen LogP contribution in [0, 0.1) is 11.8 Å². The van der Waals surface area contributed by atoms with Gasteiger partial charge in [-0.1, -0.05) is 12.2 Å². The zero-order valence-corrected chi connectivity index (χ0v) is 11.9.